The molecule has 3 N–H and O–H groups in total. The highest BCUT2D eigenvalue weighted by Crippen LogP contribution is 2.41. The molecule has 2 aliphatic heterocycles. The first-order valence-corrected chi connectivity index (χ1v) is 13.8. The number of nitrogens with one attached hydrogen (secondary N) is 3. The Labute approximate surface area is 225 Å². The molecule has 0 amide bonds. The number of nitrogens with zero attached hydrogens (tertiary/aromatic N) is 5. The van der Waals surface area contributed by atoms with E-state index in [1.54, 1.807) is 0 Å². The minimum atomic E-state index is 0.514. The van der Waals surface area contributed by atoms with Crippen LogP contribution in [0.4, 0.5) is 46.0 Å². The molecule has 3 aromatic rings. The molecule has 0 radical (unpaired) electrons. The van der Waals surface area contributed by atoms with Crippen LogP contribution in [-0.2, 0) is 4.74 Å². The van der Waals surface area contributed by atoms with Crippen molar-refractivity contribution in [3.63, 3.8) is 0 Å². The van der Waals surface area contributed by atoms with Crippen LogP contribution in [0.15, 0.2) is 48.5 Å². The zero-order valence-corrected chi connectivity index (χ0v) is 22.4. The Morgan fingerprint density at radius 2 is 1.55 bits per heavy atom. The topological polar surface area (TPSA) is 80.8 Å². The largest absolute Gasteiger partial charge is 0.378 e. The van der Waals surface area contributed by atoms with Gasteiger partial charge >= 0.3 is 0 Å². The van der Waals surface area contributed by atoms with Crippen molar-refractivity contribution in [2.24, 2.45) is 0 Å². The van der Waals surface area contributed by atoms with Crippen LogP contribution in [0.25, 0.3) is 0 Å². The Kier molecular flexibility index (Phi) is 7.09. The molecule has 0 unspecified atom stereocenters. The number of rotatable bonds is 7. The summed E-state index contributed by atoms with van der Waals surface area (Å²) < 4.78 is 5.50. The molecule has 2 fully saturated rings. The standard InChI is InChI=1S/C29H38N8O/c1-35(2)23-12-8-22(9-13-23)32-29-33-27(26-28(34-29)37(20-30-26)25-6-4-3-5-7-25)31-21-10-14-24(15-11-21)36-16-18-38-19-17-36/h8-15,25,30H,3-7,16-20H2,1-2H3,(H2,31,32,33,34). The molecular weight excluding hydrogens is 476 g/mol. The third-order valence-electron chi connectivity index (χ3n) is 7.75. The number of fused-ring (bicyclic) bond motifs is 1. The van der Waals surface area contributed by atoms with E-state index in [0.717, 1.165) is 67.4 Å². The molecule has 9 nitrogen and oxygen atoms in total. The Bertz CT molecular complexity index is 1220. The van der Waals surface area contributed by atoms with E-state index in [0.29, 0.717) is 12.0 Å². The van der Waals surface area contributed by atoms with E-state index >= 15 is 0 Å². The fourth-order valence-corrected chi connectivity index (χ4v) is 5.59. The number of anilines is 8. The predicted molar refractivity (Wildman–Crippen MR) is 157 cm³/mol. The molecule has 1 saturated heterocycles. The van der Waals surface area contributed by atoms with E-state index < -0.39 is 0 Å². The second-order valence-electron chi connectivity index (χ2n) is 10.5. The maximum atomic E-state index is 5.50. The number of hydrogen-bond donors (Lipinski definition) is 3. The minimum Gasteiger partial charge on any atom is -0.378 e. The summed E-state index contributed by atoms with van der Waals surface area (Å²) in [6.45, 7) is 4.18. The van der Waals surface area contributed by atoms with Gasteiger partial charge in [0.1, 0.15) is 5.69 Å². The van der Waals surface area contributed by atoms with Crippen molar-refractivity contribution in [3.05, 3.63) is 48.5 Å². The Balaban J connectivity index is 1.28. The van der Waals surface area contributed by atoms with Crippen molar-refractivity contribution in [2.45, 2.75) is 38.1 Å². The monoisotopic (exact) mass is 514 g/mol. The summed E-state index contributed by atoms with van der Waals surface area (Å²) in [4.78, 5) is 16.8. The highest BCUT2D eigenvalue weighted by molar-refractivity contribution is 5.85. The summed E-state index contributed by atoms with van der Waals surface area (Å²) in [7, 11) is 4.09. The van der Waals surface area contributed by atoms with Crippen molar-refractivity contribution in [2.75, 3.05) is 77.7 Å². The van der Waals surface area contributed by atoms with Crippen LogP contribution in [0.1, 0.15) is 32.1 Å². The molecule has 200 valence electrons. The van der Waals surface area contributed by atoms with Gasteiger partial charge in [-0.25, -0.2) is 0 Å². The van der Waals surface area contributed by atoms with Gasteiger partial charge in [0.2, 0.25) is 5.95 Å². The molecular formula is C29H38N8O. The van der Waals surface area contributed by atoms with E-state index in [9.17, 15) is 0 Å². The number of benzene rings is 2. The van der Waals surface area contributed by atoms with Gasteiger partial charge < -0.3 is 35.4 Å². The Morgan fingerprint density at radius 1 is 0.868 bits per heavy atom. The molecule has 1 aromatic heterocycles. The van der Waals surface area contributed by atoms with Crippen molar-refractivity contribution in [3.8, 4) is 0 Å². The normalized spacial score (nSPS) is 17.6. The fourth-order valence-electron chi connectivity index (χ4n) is 5.59. The van der Waals surface area contributed by atoms with Gasteiger partial charge in [-0.05, 0) is 61.4 Å². The van der Waals surface area contributed by atoms with E-state index in [1.807, 2.05) is 14.1 Å². The van der Waals surface area contributed by atoms with E-state index in [2.05, 4.69) is 79.2 Å². The van der Waals surface area contributed by atoms with Gasteiger partial charge in [-0.3, -0.25) is 0 Å². The molecule has 6 rings (SSSR count). The van der Waals surface area contributed by atoms with Gasteiger partial charge in [-0.15, -0.1) is 0 Å². The SMILES string of the molecule is CN(C)c1ccc(Nc2nc(Nc3ccc(N4CCOCC4)cc3)c3c(n2)N(C2CCCCC2)CN3)cc1. The summed E-state index contributed by atoms with van der Waals surface area (Å²) in [6.07, 6.45) is 6.33. The van der Waals surface area contributed by atoms with Crippen molar-refractivity contribution in [1.29, 1.82) is 0 Å². The zero-order valence-electron chi connectivity index (χ0n) is 22.4. The lowest BCUT2D eigenvalue weighted by atomic mass is 9.94. The molecule has 0 spiro atoms. The third-order valence-corrected chi connectivity index (χ3v) is 7.75. The van der Waals surface area contributed by atoms with Crippen molar-refractivity contribution >= 4 is 46.0 Å². The van der Waals surface area contributed by atoms with Crippen LogP contribution in [0.3, 0.4) is 0 Å². The molecule has 2 aromatic carbocycles. The maximum absolute atomic E-state index is 5.50. The summed E-state index contributed by atoms with van der Waals surface area (Å²) in [5.41, 5.74) is 5.31. The minimum absolute atomic E-state index is 0.514. The molecule has 9 heteroatoms. The number of aromatic nitrogens is 2. The van der Waals surface area contributed by atoms with Gasteiger partial charge in [-0.1, -0.05) is 19.3 Å². The first-order valence-electron chi connectivity index (χ1n) is 13.8. The van der Waals surface area contributed by atoms with Crippen molar-refractivity contribution in [1.82, 2.24) is 9.97 Å². The third kappa shape index (κ3) is 5.29. The predicted octanol–water partition coefficient (Wildman–Crippen LogP) is 5.39. The van der Waals surface area contributed by atoms with Gasteiger partial charge in [0.25, 0.3) is 0 Å². The van der Waals surface area contributed by atoms with Crippen LogP contribution < -0.4 is 30.7 Å². The molecule has 1 aliphatic carbocycles. The quantitative estimate of drug-likeness (QED) is 0.385. The average Bonchev–Trinajstić information content (AvgIpc) is 3.39. The lowest BCUT2D eigenvalue weighted by molar-refractivity contribution is 0.122. The van der Waals surface area contributed by atoms with E-state index in [-0.39, 0.29) is 0 Å². The average molecular weight is 515 g/mol. The van der Waals surface area contributed by atoms with Crippen LogP contribution in [0, 0.1) is 0 Å². The van der Waals surface area contributed by atoms with Gasteiger partial charge in [-0.2, -0.15) is 9.97 Å². The smallest absolute Gasteiger partial charge is 0.231 e. The lowest BCUT2D eigenvalue weighted by Gasteiger charge is -2.31. The zero-order chi connectivity index (χ0) is 25.9. The first-order chi connectivity index (χ1) is 18.6. The van der Waals surface area contributed by atoms with Crippen LogP contribution in [0.2, 0.25) is 0 Å². The molecule has 0 atom stereocenters. The van der Waals surface area contributed by atoms with Gasteiger partial charge in [0.05, 0.1) is 19.9 Å². The molecule has 1 saturated carbocycles. The molecule has 0 bridgehead atoms. The molecule has 3 aliphatic rings. The highest BCUT2D eigenvalue weighted by atomic mass is 16.5. The number of hydrogen-bond acceptors (Lipinski definition) is 9. The second-order valence-corrected chi connectivity index (χ2v) is 10.5. The van der Waals surface area contributed by atoms with Crippen LogP contribution >= 0.6 is 0 Å². The summed E-state index contributed by atoms with van der Waals surface area (Å²) >= 11 is 0. The molecule has 3 heterocycles. The number of morpholine rings is 1. The van der Waals surface area contributed by atoms with Gasteiger partial charge in [0, 0.05) is 56.0 Å². The van der Waals surface area contributed by atoms with E-state index in [1.165, 1.54) is 37.8 Å². The number of ether oxygens (including phenoxy) is 1. The van der Waals surface area contributed by atoms with Crippen LogP contribution in [-0.4, -0.2) is 63.1 Å². The summed E-state index contributed by atoms with van der Waals surface area (Å²) in [5.74, 6) is 2.37. The lowest BCUT2D eigenvalue weighted by Crippen LogP contribution is -2.36. The maximum Gasteiger partial charge on any atom is 0.231 e. The van der Waals surface area contributed by atoms with Crippen molar-refractivity contribution < 1.29 is 4.74 Å². The Morgan fingerprint density at radius 3 is 2.26 bits per heavy atom. The van der Waals surface area contributed by atoms with Gasteiger partial charge in [0.15, 0.2) is 11.6 Å². The first kappa shape index (κ1) is 24.6. The van der Waals surface area contributed by atoms with E-state index in [4.69, 9.17) is 14.7 Å². The highest BCUT2D eigenvalue weighted by Gasteiger charge is 2.31. The Hall–Kier alpha value is -3.72. The van der Waals surface area contributed by atoms with Crippen LogP contribution in [0.5, 0.6) is 0 Å². The summed E-state index contributed by atoms with van der Waals surface area (Å²) in [6, 6.07) is 17.4. The summed E-state index contributed by atoms with van der Waals surface area (Å²) in [5, 5.41) is 10.6. The molecule has 38 heavy (non-hydrogen) atoms. The fraction of sp³-hybridized carbons (Fsp3) is 0.448. The second kappa shape index (κ2) is 10.9.